The van der Waals surface area contributed by atoms with E-state index in [-0.39, 0.29) is 5.82 Å². The number of nitrogen functional groups attached to an aromatic ring is 1. The first-order valence-corrected chi connectivity index (χ1v) is 6.22. The van der Waals surface area contributed by atoms with Gasteiger partial charge >= 0.3 is 5.69 Å². The summed E-state index contributed by atoms with van der Waals surface area (Å²) in [6.45, 7) is 1.42. The Bertz CT molecular complexity index is 611. The predicted octanol–water partition coefficient (Wildman–Crippen LogP) is -0.925. The molecule has 0 radical (unpaired) electrons. The number of anilines is 1. The van der Waals surface area contributed by atoms with Gasteiger partial charge < -0.3 is 20.7 Å². The summed E-state index contributed by atoms with van der Waals surface area (Å²) in [6.07, 6.45) is 2.15. The van der Waals surface area contributed by atoms with E-state index in [0.29, 0.717) is 0 Å². The third-order valence-electron chi connectivity index (χ3n) is 3.19. The minimum atomic E-state index is -1.69. The third-order valence-corrected chi connectivity index (χ3v) is 3.71. The average Bonchev–Trinajstić information content (AvgIpc) is 2.64. The van der Waals surface area contributed by atoms with Crippen LogP contribution in [-0.2, 0) is 4.74 Å². The largest absolute Gasteiger partial charge is 0.391 e. The van der Waals surface area contributed by atoms with Crippen molar-refractivity contribution in [1.29, 1.82) is 0 Å². The molecule has 1 aliphatic heterocycles. The second kappa shape index (κ2) is 5.07. The first-order chi connectivity index (χ1) is 9.31. The van der Waals surface area contributed by atoms with Crippen molar-refractivity contribution in [3.8, 4) is 12.3 Å². The van der Waals surface area contributed by atoms with E-state index in [2.05, 4.69) is 10.9 Å². The molecule has 0 bridgehead atoms. The molecule has 0 saturated carbocycles. The third kappa shape index (κ3) is 2.17. The summed E-state index contributed by atoms with van der Waals surface area (Å²) in [5, 5.41) is 19.7. The van der Waals surface area contributed by atoms with Crippen LogP contribution < -0.4 is 11.4 Å². The normalized spacial score (nSPS) is 34.6. The van der Waals surface area contributed by atoms with Gasteiger partial charge in [0, 0.05) is 6.20 Å². The van der Waals surface area contributed by atoms with Gasteiger partial charge in [-0.3, -0.25) is 4.57 Å². The van der Waals surface area contributed by atoms with Gasteiger partial charge in [0.15, 0.2) is 11.1 Å². The van der Waals surface area contributed by atoms with E-state index in [0.717, 1.165) is 4.57 Å². The number of hydrogen-bond donors (Lipinski definition) is 3. The van der Waals surface area contributed by atoms with Crippen LogP contribution in [0, 0.1) is 12.3 Å². The number of halogens is 1. The van der Waals surface area contributed by atoms with E-state index in [1.165, 1.54) is 19.2 Å². The van der Waals surface area contributed by atoms with Crippen molar-refractivity contribution in [2.24, 2.45) is 0 Å². The molecule has 20 heavy (non-hydrogen) atoms. The van der Waals surface area contributed by atoms with Crippen molar-refractivity contribution in [3.63, 3.8) is 0 Å². The van der Waals surface area contributed by atoms with Gasteiger partial charge in [-0.25, -0.2) is 4.79 Å². The van der Waals surface area contributed by atoms with E-state index < -0.39 is 35.1 Å². The fourth-order valence-electron chi connectivity index (χ4n) is 2.11. The zero-order valence-electron chi connectivity index (χ0n) is 10.6. The number of aliphatic hydroxyl groups excluding tert-OH is 2. The monoisotopic (exact) mass is 299 g/mol. The lowest BCUT2D eigenvalue weighted by Crippen LogP contribution is -2.44. The molecule has 4 N–H and O–H groups in total. The van der Waals surface area contributed by atoms with Gasteiger partial charge in [-0.2, -0.15) is 4.98 Å². The lowest BCUT2D eigenvalue weighted by Gasteiger charge is -2.25. The molecule has 1 saturated heterocycles. The molecule has 108 valence electrons. The molecule has 1 aliphatic rings. The first-order valence-electron chi connectivity index (χ1n) is 5.84. The first kappa shape index (κ1) is 14.8. The Morgan fingerprint density at radius 1 is 1.75 bits per heavy atom. The number of nitrogens with two attached hydrogens (primary N) is 1. The standard InChI is InChI=1S/C12H14ClN3O4/c1-3-12(13)9(18)8(6(2)17)20-10(12)16-5-4-7(14)15-11(16)19/h1,4-6,8-10,17-18H,2H3,(H2,14,15,19)/t6-,8+,9?,10+,12+/m0/s1. The summed E-state index contributed by atoms with van der Waals surface area (Å²) < 4.78 is 6.49. The summed E-state index contributed by atoms with van der Waals surface area (Å²) in [7, 11) is 0. The molecule has 0 aliphatic carbocycles. The van der Waals surface area contributed by atoms with Crippen molar-refractivity contribution in [3.05, 3.63) is 22.7 Å². The van der Waals surface area contributed by atoms with Crippen LogP contribution >= 0.6 is 11.6 Å². The van der Waals surface area contributed by atoms with E-state index in [4.69, 9.17) is 28.5 Å². The summed E-state index contributed by atoms with van der Waals surface area (Å²) >= 11 is 6.22. The highest BCUT2D eigenvalue weighted by atomic mass is 35.5. The quantitative estimate of drug-likeness (QED) is 0.481. The zero-order chi connectivity index (χ0) is 15.1. The molecule has 1 aromatic rings. The lowest BCUT2D eigenvalue weighted by atomic mass is 9.97. The van der Waals surface area contributed by atoms with E-state index in [1.54, 1.807) is 0 Å². The van der Waals surface area contributed by atoms with Crippen LogP contribution in [0.4, 0.5) is 5.82 Å². The summed E-state index contributed by atoms with van der Waals surface area (Å²) in [6, 6.07) is 1.38. The molecule has 1 aromatic heterocycles. The second-order valence-electron chi connectivity index (χ2n) is 4.59. The van der Waals surface area contributed by atoms with Crippen LogP contribution in [0.1, 0.15) is 13.2 Å². The number of terminal acetylenes is 1. The highest BCUT2D eigenvalue weighted by Gasteiger charge is 2.57. The molecule has 2 rings (SSSR count). The zero-order valence-corrected chi connectivity index (χ0v) is 11.4. The summed E-state index contributed by atoms with van der Waals surface area (Å²) in [5.41, 5.74) is 4.69. The van der Waals surface area contributed by atoms with Crippen molar-refractivity contribution >= 4 is 17.4 Å². The van der Waals surface area contributed by atoms with Crippen LogP contribution in [0.5, 0.6) is 0 Å². The van der Waals surface area contributed by atoms with Gasteiger partial charge in [0.1, 0.15) is 18.0 Å². The van der Waals surface area contributed by atoms with Crippen LogP contribution in [0.15, 0.2) is 17.1 Å². The maximum absolute atomic E-state index is 11.8. The molecule has 1 unspecified atom stereocenters. The maximum atomic E-state index is 11.8. The SMILES string of the molecule is C#C[C@@]1(Cl)C(O)[C@@H]([C@H](C)O)O[C@H]1n1ccc(N)nc1=O. The number of ether oxygens (including phenoxy) is 1. The van der Waals surface area contributed by atoms with Gasteiger partial charge in [-0.15, -0.1) is 6.42 Å². The van der Waals surface area contributed by atoms with Crippen LogP contribution in [0.25, 0.3) is 0 Å². The van der Waals surface area contributed by atoms with Gasteiger partial charge in [0.25, 0.3) is 0 Å². The van der Waals surface area contributed by atoms with Gasteiger partial charge in [0.05, 0.1) is 6.10 Å². The van der Waals surface area contributed by atoms with Gasteiger partial charge in [-0.1, -0.05) is 17.5 Å². The highest BCUT2D eigenvalue weighted by molar-refractivity contribution is 6.27. The predicted molar refractivity (Wildman–Crippen MR) is 71.9 cm³/mol. The minimum absolute atomic E-state index is 0.0396. The molecule has 7 nitrogen and oxygen atoms in total. The maximum Gasteiger partial charge on any atom is 0.351 e. The molecule has 0 aromatic carbocycles. The molecule has 1 fully saturated rings. The number of aliphatic hydroxyl groups is 2. The average molecular weight is 300 g/mol. The number of alkyl halides is 1. The van der Waals surface area contributed by atoms with E-state index in [9.17, 15) is 15.0 Å². The van der Waals surface area contributed by atoms with E-state index >= 15 is 0 Å². The topological polar surface area (TPSA) is 111 Å². The summed E-state index contributed by atoms with van der Waals surface area (Å²) in [5.74, 6) is 2.27. The van der Waals surface area contributed by atoms with Gasteiger partial charge in [-0.05, 0) is 13.0 Å². The molecular weight excluding hydrogens is 286 g/mol. The Kier molecular flexibility index (Phi) is 3.75. The number of aromatic nitrogens is 2. The Labute approximate surface area is 120 Å². The van der Waals surface area contributed by atoms with Gasteiger partial charge in [0.2, 0.25) is 0 Å². The molecule has 0 spiro atoms. The molecule has 2 heterocycles. The Morgan fingerprint density at radius 2 is 2.40 bits per heavy atom. The smallest absolute Gasteiger partial charge is 0.351 e. The number of rotatable bonds is 2. The summed E-state index contributed by atoms with van der Waals surface area (Å²) in [4.78, 5) is 13.7. The number of nitrogens with zero attached hydrogens (tertiary/aromatic N) is 2. The fourth-order valence-corrected chi connectivity index (χ4v) is 2.39. The molecule has 5 atom stereocenters. The molecule has 0 amide bonds. The lowest BCUT2D eigenvalue weighted by molar-refractivity contribution is -0.0773. The fraction of sp³-hybridized carbons (Fsp3) is 0.500. The van der Waals surface area contributed by atoms with Crippen LogP contribution in [-0.4, -0.2) is 43.0 Å². The van der Waals surface area contributed by atoms with Crippen molar-refractivity contribution in [2.75, 3.05) is 5.73 Å². The second-order valence-corrected chi connectivity index (χ2v) is 5.22. The van der Waals surface area contributed by atoms with Crippen LogP contribution in [0.3, 0.4) is 0 Å². The Morgan fingerprint density at radius 3 is 2.90 bits per heavy atom. The number of hydrogen-bond acceptors (Lipinski definition) is 6. The molecule has 8 heteroatoms. The minimum Gasteiger partial charge on any atom is -0.391 e. The Balaban J connectivity index is 2.50. The van der Waals surface area contributed by atoms with Crippen molar-refractivity contribution in [2.45, 2.75) is 36.3 Å². The van der Waals surface area contributed by atoms with E-state index in [1.807, 2.05) is 0 Å². The highest BCUT2D eigenvalue weighted by Crippen LogP contribution is 2.43. The van der Waals surface area contributed by atoms with Crippen molar-refractivity contribution in [1.82, 2.24) is 9.55 Å². The Hall–Kier alpha value is -1.59. The molecular formula is C12H14ClN3O4. The van der Waals surface area contributed by atoms with Crippen LogP contribution in [0.2, 0.25) is 0 Å². The van der Waals surface area contributed by atoms with Crippen molar-refractivity contribution < 1.29 is 14.9 Å².